The molecule has 2 aliphatic rings. The Bertz CT molecular complexity index is 596. The molecule has 2 aliphatic heterocycles. The summed E-state index contributed by atoms with van der Waals surface area (Å²) in [6.07, 6.45) is 1.24. The predicted molar refractivity (Wildman–Crippen MR) is 99.8 cm³/mol. The van der Waals surface area contributed by atoms with Gasteiger partial charge in [-0.1, -0.05) is 30.7 Å². The number of nitrogens with zero attached hydrogens (tertiary/aromatic N) is 2. The maximum atomic E-state index is 12.4. The van der Waals surface area contributed by atoms with E-state index in [0.29, 0.717) is 10.4 Å². The number of rotatable bonds is 5. The summed E-state index contributed by atoms with van der Waals surface area (Å²) in [5.74, 6) is -0.220. The summed E-state index contributed by atoms with van der Waals surface area (Å²) in [5.41, 5.74) is 1.27. The Labute approximate surface area is 155 Å². The standard InChI is InChI=1S/C19H28ClN3O2/c1-19(6-7-21-13-19)14-22-8-10-23(11-9-22)17(18(24)25-2)15-4-3-5-16(20)12-15/h3-5,12,17,21H,6-11,13-14H2,1-2H3. The first-order valence-corrected chi connectivity index (χ1v) is 9.39. The molecule has 0 aliphatic carbocycles. The molecule has 1 aromatic carbocycles. The van der Waals surface area contributed by atoms with Gasteiger partial charge in [0.2, 0.25) is 0 Å². The van der Waals surface area contributed by atoms with Gasteiger partial charge in [-0.3, -0.25) is 4.90 Å². The highest BCUT2D eigenvalue weighted by atomic mass is 35.5. The van der Waals surface area contributed by atoms with E-state index in [9.17, 15) is 4.79 Å². The molecule has 2 heterocycles. The van der Waals surface area contributed by atoms with Gasteiger partial charge < -0.3 is 15.0 Å². The van der Waals surface area contributed by atoms with Crippen molar-refractivity contribution in [1.29, 1.82) is 0 Å². The van der Waals surface area contributed by atoms with Gasteiger partial charge in [0.25, 0.3) is 0 Å². The van der Waals surface area contributed by atoms with Gasteiger partial charge in [0.15, 0.2) is 0 Å². The Morgan fingerprint density at radius 2 is 2.12 bits per heavy atom. The number of carbonyl (C=O) groups excluding carboxylic acids is 1. The summed E-state index contributed by atoms with van der Waals surface area (Å²) >= 11 is 6.12. The van der Waals surface area contributed by atoms with Crippen LogP contribution in [0.2, 0.25) is 5.02 Å². The number of esters is 1. The van der Waals surface area contributed by atoms with Crippen molar-refractivity contribution in [3.05, 3.63) is 34.9 Å². The number of nitrogens with one attached hydrogen (secondary N) is 1. The van der Waals surface area contributed by atoms with E-state index < -0.39 is 0 Å². The molecule has 138 valence electrons. The first kappa shape index (κ1) is 18.6. The van der Waals surface area contributed by atoms with Crippen LogP contribution in [0.15, 0.2) is 24.3 Å². The molecule has 1 N–H and O–H groups in total. The topological polar surface area (TPSA) is 44.8 Å². The highest BCUT2D eigenvalue weighted by Crippen LogP contribution is 2.29. The van der Waals surface area contributed by atoms with Gasteiger partial charge in [-0.05, 0) is 36.1 Å². The summed E-state index contributed by atoms with van der Waals surface area (Å²) in [5, 5.41) is 4.11. The number of hydrogen-bond donors (Lipinski definition) is 1. The van der Waals surface area contributed by atoms with E-state index in [1.54, 1.807) is 0 Å². The van der Waals surface area contributed by atoms with Crippen LogP contribution < -0.4 is 5.32 Å². The summed E-state index contributed by atoms with van der Waals surface area (Å²) in [4.78, 5) is 17.1. The smallest absolute Gasteiger partial charge is 0.327 e. The van der Waals surface area contributed by atoms with Crippen molar-refractivity contribution in [3.8, 4) is 0 Å². The third-order valence-corrected chi connectivity index (χ3v) is 5.66. The van der Waals surface area contributed by atoms with Crippen molar-refractivity contribution in [2.45, 2.75) is 19.4 Å². The molecule has 0 spiro atoms. The van der Waals surface area contributed by atoms with Crippen LogP contribution in [0, 0.1) is 5.41 Å². The minimum Gasteiger partial charge on any atom is -0.468 e. The number of ether oxygens (including phenoxy) is 1. The molecule has 2 fully saturated rings. The fraction of sp³-hybridized carbons (Fsp3) is 0.632. The minimum absolute atomic E-state index is 0.220. The van der Waals surface area contributed by atoms with Gasteiger partial charge >= 0.3 is 5.97 Å². The molecule has 25 heavy (non-hydrogen) atoms. The van der Waals surface area contributed by atoms with E-state index in [4.69, 9.17) is 16.3 Å². The van der Waals surface area contributed by atoms with Gasteiger partial charge in [-0.2, -0.15) is 0 Å². The molecule has 2 saturated heterocycles. The highest BCUT2D eigenvalue weighted by Gasteiger charge is 2.35. The summed E-state index contributed by atoms with van der Waals surface area (Å²) < 4.78 is 5.06. The highest BCUT2D eigenvalue weighted by molar-refractivity contribution is 6.30. The Morgan fingerprint density at radius 1 is 1.36 bits per heavy atom. The van der Waals surface area contributed by atoms with Crippen LogP contribution in [0.5, 0.6) is 0 Å². The third-order valence-electron chi connectivity index (χ3n) is 5.42. The Hall–Kier alpha value is -1.14. The molecule has 2 unspecified atom stereocenters. The molecular weight excluding hydrogens is 338 g/mol. The van der Waals surface area contributed by atoms with Gasteiger partial charge in [0, 0.05) is 44.3 Å². The van der Waals surface area contributed by atoms with Crippen LogP contribution in [0.1, 0.15) is 24.9 Å². The largest absolute Gasteiger partial charge is 0.468 e. The van der Waals surface area contributed by atoms with Crippen LogP contribution >= 0.6 is 11.6 Å². The first-order chi connectivity index (χ1) is 12.0. The zero-order chi connectivity index (χ0) is 17.9. The number of methoxy groups -OCH3 is 1. The van der Waals surface area contributed by atoms with E-state index >= 15 is 0 Å². The summed E-state index contributed by atoms with van der Waals surface area (Å²) in [7, 11) is 1.45. The monoisotopic (exact) mass is 365 g/mol. The average molecular weight is 366 g/mol. The third kappa shape index (κ3) is 4.53. The average Bonchev–Trinajstić information content (AvgIpc) is 3.03. The molecule has 2 atom stereocenters. The number of piperazine rings is 1. The van der Waals surface area contributed by atoms with Gasteiger partial charge in [0.05, 0.1) is 7.11 Å². The molecule has 3 rings (SSSR count). The molecule has 0 amide bonds. The van der Waals surface area contributed by atoms with Crippen LogP contribution in [-0.2, 0) is 9.53 Å². The fourth-order valence-corrected chi connectivity index (χ4v) is 4.21. The number of hydrogen-bond acceptors (Lipinski definition) is 5. The lowest BCUT2D eigenvalue weighted by atomic mass is 9.89. The minimum atomic E-state index is -0.380. The van der Waals surface area contributed by atoms with Crippen molar-refractivity contribution >= 4 is 17.6 Å². The van der Waals surface area contributed by atoms with Crippen molar-refractivity contribution in [3.63, 3.8) is 0 Å². The maximum absolute atomic E-state index is 12.4. The second kappa shape index (κ2) is 8.04. The van der Waals surface area contributed by atoms with E-state index in [1.807, 2.05) is 24.3 Å². The van der Waals surface area contributed by atoms with Crippen molar-refractivity contribution in [2.75, 3.05) is 52.9 Å². The molecule has 1 aromatic rings. The quantitative estimate of drug-likeness (QED) is 0.810. The lowest BCUT2D eigenvalue weighted by molar-refractivity contribution is -0.148. The van der Waals surface area contributed by atoms with Gasteiger partial charge in [-0.15, -0.1) is 0 Å². The van der Waals surface area contributed by atoms with E-state index in [1.165, 1.54) is 13.5 Å². The van der Waals surface area contributed by atoms with Crippen molar-refractivity contribution in [2.24, 2.45) is 5.41 Å². The molecule has 0 aromatic heterocycles. The van der Waals surface area contributed by atoms with Crippen LogP contribution in [0.4, 0.5) is 0 Å². The zero-order valence-corrected chi connectivity index (χ0v) is 15.9. The normalized spacial score (nSPS) is 26.5. The fourth-order valence-electron chi connectivity index (χ4n) is 4.01. The molecule has 5 nitrogen and oxygen atoms in total. The van der Waals surface area contributed by atoms with Crippen molar-refractivity contribution < 1.29 is 9.53 Å². The van der Waals surface area contributed by atoms with Crippen LogP contribution in [0.3, 0.4) is 0 Å². The van der Waals surface area contributed by atoms with E-state index in [2.05, 4.69) is 22.0 Å². The van der Waals surface area contributed by atoms with E-state index in [0.717, 1.165) is 51.4 Å². The molecule has 6 heteroatoms. The van der Waals surface area contributed by atoms with Gasteiger partial charge in [-0.25, -0.2) is 4.79 Å². The predicted octanol–water partition coefficient (Wildman–Crippen LogP) is 2.17. The molecule has 0 radical (unpaired) electrons. The van der Waals surface area contributed by atoms with Gasteiger partial charge in [0.1, 0.15) is 6.04 Å². The second-order valence-corrected chi connectivity index (χ2v) is 7.97. The van der Waals surface area contributed by atoms with Crippen LogP contribution in [0.25, 0.3) is 0 Å². The Kier molecular flexibility index (Phi) is 6.00. The summed E-state index contributed by atoms with van der Waals surface area (Å²) in [6.45, 7) is 9.37. The number of halogens is 1. The molecular formula is C19H28ClN3O2. The molecule has 0 saturated carbocycles. The van der Waals surface area contributed by atoms with Crippen LogP contribution in [-0.4, -0.2) is 68.7 Å². The van der Waals surface area contributed by atoms with Crippen molar-refractivity contribution in [1.82, 2.24) is 15.1 Å². The summed E-state index contributed by atoms with van der Waals surface area (Å²) in [6, 6.07) is 7.15. The van der Waals surface area contributed by atoms with E-state index in [-0.39, 0.29) is 12.0 Å². The zero-order valence-electron chi connectivity index (χ0n) is 15.1. The Balaban J connectivity index is 1.65. The first-order valence-electron chi connectivity index (χ1n) is 9.01. The lowest BCUT2D eigenvalue weighted by Gasteiger charge is -2.41. The second-order valence-electron chi connectivity index (χ2n) is 7.53. The SMILES string of the molecule is COC(=O)C(c1cccc(Cl)c1)N1CCN(CC2(C)CCNC2)CC1. The maximum Gasteiger partial charge on any atom is 0.327 e. The number of carbonyl (C=O) groups is 1. The Morgan fingerprint density at radius 3 is 2.72 bits per heavy atom. The lowest BCUT2D eigenvalue weighted by Crippen LogP contribution is -2.51. The molecule has 0 bridgehead atoms. The number of benzene rings is 1.